The summed E-state index contributed by atoms with van der Waals surface area (Å²) in [6.45, 7) is 2.32. The van der Waals surface area contributed by atoms with Crippen LogP contribution in [0.4, 0.5) is 5.69 Å². The molecule has 0 aromatic carbocycles. The van der Waals surface area contributed by atoms with Crippen LogP contribution in [-0.2, 0) is 4.79 Å². The number of piperazine rings is 1. The molecule has 0 bridgehead atoms. The summed E-state index contributed by atoms with van der Waals surface area (Å²) in [5, 5.41) is 6.17. The van der Waals surface area contributed by atoms with Gasteiger partial charge in [-0.3, -0.25) is 9.59 Å². The number of carbonyl (C=O) groups is 1. The second kappa shape index (κ2) is 3.87. The van der Waals surface area contributed by atoms with Crippen LogP contribution in [0, 0.1) is 0 Å². The lowest BCUT2D eigenvalue weighted by atomic mass is 10.1. The molecule has 90 valence electrons. The van der Waals surface area contributed by atoms with E-state index in [2.05, 4.69) is 15.1 Å². The number of aromatic amines is 1. The number of nitrogens with one attached hydrogen (secondary N) is 1. The number of anilines is 1. The van der Waals surface area contributed by atoms with Gasteiger partial charge in [0.1, 0.15) is 0 Å². The van der Waals surface area contributed by atoms with E-state index in [-0.39, 0.29) is 11.5 Å². The first-order valence-electron chi connectivity index (χ1n) is 5.83. The molecule has 1 amide bonds. The smallest absolute Gasteiger partial charge is 0.266 e. The molecule has 0 radical (unpaired) electrons. The Morgan fingerprint density at radius 2 is 2.24 bits per heavy atom. The second-order valence-corrected chi connectivity index (χ2v) is 4.53. The lowest BCUT2D eigenvalue weighted by Gasteiger charge is -2.38. The molecule has 1 atom stereocenters. The first-order valence-corrected chi connectivity index (χ1v) is 5.83. The Kier molecular flexibility index (Phi) is 2.35. The number of amides is 1. The summed E-state index contributed by atoms with van der Waals surface area (Å²) in [6, 6.07) is 1.86. The number of aromatic nitrogens is 2. The fourth-order valence-electron chi connectivity index (χ4n) is 2.64. The van der Waals surface area contributed by atoms with Crippen LogP contribution in [0.2, 0.25) is 0 Å². The van der Waals surface area contributed by atoms with Gasteiger partial charge in [0.25, 0.3) is 5.56 Å². The monoisotopic (exact) mass is 234 g/mol. The minimum atomic E-state index is -0.188. The molecule has 2 aliphatic heterocycles. The number of hydrogen-bond acceptors (Lipinski definition) is 4. The lowest BCUT2D eigenvalue weighted by Crippen LogP contribution is -2.51. The van der Waals surface area contributed by atoms with Crippen LogP contribution >= 0.6 is 0 Å². The number of nitrogens with zero attached hydrogens (tertiary/aromatic N) is 3. The quantitative estimate of drug-likeness (QED) is 0.716. The summed E-state index contributed by atoms with van der Waals surface area (Å²) in [6.07, 6.45) is 3.24. The number of carbonyl (C=O) groups excluding carboxylic acids is 1. The van der Waals surface area contributed by atoms with Crippen molar-refractivity contribution in [3.8, 4) is 0 Å². The molecule has 1 aromatic rings. The molecule has 3 heterocycles. The van der Waals surface area contributed by atoms with Gasteiger partial charge in [-0.1, -0.05) is 0 Å². The summed E-state index contributed by atoms with van der Waals surface area (Å²) >= 11 is 0. The van der Waals surface area contributed by atoms with E-state index in [1.54, 1.807) is 12.3 Å². The summed E-state index contributed by atoms with van der Waals surface area (Å²) in [4.78, 5) is 26.8. The Balaban J connectivity index is 1.79. The largest absolute Gasteiger partial charge is 0.366 e. The van der Waals surface area contributed by atoms with Crippen molar-refractivity contribution in [2.24, 2.45) is 0 Å². The van der Waals surface area contributed by atoms with E-state index < -0.39 is 0 Å². The Bertz CT molecular complexity index is 498. The highest BCUT2D eigenvalue weighted by atomic mass is 16.2. The highest BCUT2D eigenvalue weighted by molar-refractivity contribution is 5.79. The molecule has 17 heavy (non-hydrogen) atoms. The zero-order chi connectivity index (χ0) is 11.8. The Labute approximate surface area is 98.2 Å². The first-order chi connectivity index (χ1) is 8.24. The zero-order valence-corrected chi connectivity index (χ0v) is 9.43. The fourth-order valence-corrected chi connectivity index (χ4v) is 2.64. The maximum absolute atomic E-state index is 11.5. The maximum Gasteiger partial charge on any atom is 0.266 e. The van der Waals surface area contributed by atoms with Gasteiger partial charge in [0.05, 0.1) is 11.9 Å². The van der Waals surface area contributed by atoms with Gasteiger partial charge in [-0.05, 0) is 6.42 Å². The summed E-state index contributed by atoms with van der Waals surface area (Å²) in [5.41, 5.74) is 0.653. The van der Waals surface area contributed by atoms with Gasteiger partial charge < -0.3 is 9.80 Å². The van der Waals surface area contributed by atoms with Crippen LogP contribution in [0.15, 0.2) is 17.1 Å². The summed E-state index contributed by atoms with van der Waals surface area (Å²) in [7, 11) is 0. The van der Waals surface area contributed by atoms with Gasteiger partial charge in [0.15, 0.2) is 0 Å². The van der Waals surface area contributed by atoms with Gasteiger partial charge in [-0.15, -0.1) is 0 Å². The molecule has 1 unspecified atom stereocenters. The van der Waals surface area contributed by atoms with E-state index in [9.17, 15) is 9.59 Å². The molecule has 6 nitrogen and oxygen atoms in total. The third-order valence-electron chi connectivity index (χ3n) is 3.51. The van der Waals surface area contributed by atoms with Crippen LogP contribution < -0.4 is 10.5 Å². The van der Waals surface area contributed by atoms with Crippen LogP contribution in [0.3, 0.4) is 0 Å². The number of rotatable bonds is 1. The molecule has 6 heteroatoms. The van der Waals surface area contributed by atoms with Crippen LogP contribution in [-0.4, -0.2) is 46.7 Å². The number of fused-ring (bicyclic) bond motifs is 1. The fraction of sp³-hybridized carbons (Fsp3) is 0.545. The lowest BCUT2D eigenvalue weighted by molar-refractivity contribution is -0.129. The third kappa shape index (κ3) is 1.79. The van der Waals surface area contributed by atoms with E-state index in [0.29, 0.717) is 12.5 Å². The third-order valence-corrected chi connectivity index (χ3v) is 3.51. The summed E-state index contributed by atoms with van der Waals surface area (Å²) < 4.78 is 0. The maximum atomic E-state index is 11.5. The van der Waals surface area contributed by atoms with Crippen molar-refractivity contribution < 1.29 is 4.79 Å². The average molecular weight is 234 g/mol. The molecule has 1 aromatic heterocycles. The average Bonchev–Trinajstić information content (AvgIpc) is 2.71. The highest BCUT2D eigenvalue weighted by Crippen LogP contribution is 2.25. The Hall–Kier alpha value is -1.85. The van der Waals surface area contributed by atoms with Crippen LogP contribution in [0.5, 0.6) is 0 Å². The molecule has 2 aliphatic rings. The minimum Gasteiger partial charge on any atom is -0.366 e. The highest BCUT2D eigenvalue weighted by Gasteiger charge is 2.35. The van der Waals surface area contributed by atoms with Crippen molar-refractivity contribution in [3.05, 3.63) is 22.6 Å². The first kappa shape index (κ1) is 10.3. The molecule has 3 rings (SSSR count). The molecule has 1 N–H and O–H groups in total. The van der Waals surface area contributed by atoms with E-state index in [0.717, 1.165) is 31.7 Å². The van der Waals surface area contributed by atoms with Crippen molar-refractivity contribution in [2.75, 3.05) is 24.5 Å². The van der Waals surface area contributed by atoms with Crippen LogP contribution in [0.1, 0.15) is 12.8 Å². The van der Waals surface area contributed by atoms with E-state index in [1.807, 2.05) is 4.90 Å². The van der Waals surface area contributed by atoms with Crippen molar-refractivity contribution in [1.29, 1.82) is 0 Å². The molecular weight excluding hydrogens is 220 g/mol. The van der Waals surface area contributed by atoms with E-state index in [4.69, 9.17) is 0 Å². The Morgan fingerprint density at radius 3 is 3.06 bits per heavy atom. The van der Waals surface area contributed by atoms with Crippen LogP contribution in [0.25, 0.3) is 0 Å². The predicted molar refractivity (Wildman–Crippen MR) is 61.8 cm³/mol. The van der Waals surface area contributed by atoms with E-state index in [1.165, 1.54) is 0 Å². The molecular formula is C11H14N4O2. The standard InChI is InChI=1S/C11H14N4O2/c16-10-5-9(6-12-13-10)14-3-4-15-8(7-14)1-2-11(15)17/h5-6,8H,1-4,7H2,(H,13,16). The van der Waals surface area contributed by atoms with E-state index >= 15 is 0 Å². The van der Waals surface area contributed by atoms with Gasteiger partial charge in [-0.25, -0.2) is 5.10 Å². The van der Waals surface area contributed by atoms with Gasteiger partial charge in [0.2, 0.25) is 5.91 Å². The summed E-state index contributed by atoms with van der Waals surface area (Å²) in [5.74, 6) is 0.263. The molecule has 2 saturated heterocycles. The SMILES string of the molecule is O=C1CCC2CN(c3cn[nH]c(=O)c3)CCN12. The Morgan fingerprint density at radius 1 is 1.35 bits per heavy atom. The van der Waals surface area contributed by atoms with Gasteiger partial charge >= 0.3 is 0 Å². The minimum absolute atomic E-state index is 0.188. The van der Waals surface area contributed by atoms with Crippen molar-refractivity contribution >= 4 is 11.6 Å². The molecule has 2 fully saturated rings. The van der Waals surface area contributed by atoms with Crippen molar-refractivity contribution in [2.45, 2.75) is 18.9 Å². The predicted octanol–water partition coefficient (Wildman–Crippen LogP) is -0.419. The normalized spacial score (nSPS) is 24.0. The van der Waals surface area contributed by atoms with Crippen molar-refractivity contribution in [1.82, 2.24) is 15.1 Å². The number of hydrogen-bond donors (Lipinski definition) is 1. The van der Waals surface area contributed by atoms with Gasteiger partial charge in [-0.2, -0.15) is 5.10 Å². The zero-order valence-electron chi connectivity index (χ0n) is 9.43. The molecule has 0 aliphatic carbocycles. The topological polar surface area (TPSA) is 69.3 Å². The number of H-pyrrole nitrogens is 1. The molecule has 0 spiro atoms. The molecule has 0 saturated carbocycles. The van der Waals surface area contributed by atoms with Gasteiger partial charge in [0, 0.05) is 38.2 Å². The van der Waals surface area contributed by atoms with Crippen molar-refractivity contribution in [3.63, 3.8) is 0 Å². The second-order valence-electron chi connectivity index (χ2n) is 4.53.